The molecule has 0 radical (unpaired) electrons. The normalized spacial score (nSPS) is 11.9. The Hall–Kier alpha value is -1.78. The highest BCUT2D eigenvalue weighted by Gasteiger charge is 2.22. The lowest BCUT2D eigenvalue weighted by Crippen LogP contribution is -2.14. The maximum absolute atomic E-state index is 11.3. The highest BCUT2D eigenvalue weighted by Crippen LogP contribution is 2.22. The van der Waals surface area contributed by atoms with Crippen LogP contribution in [0.3, 0.4) is 0 Å². The molecule has 0 saturated carbocycles. The van der Waals surface area contributed by atoms with E-state index >= 15 is 0 Å². The summed E-state index contributed by atoms with van der Waals surface area (Å²) in [5, 5.41) is 0. The maximum atomic E-state index is 11.3. The van der Waals surface area contributed by atoms with Gasteiger partial charge in [-0.15, -0.1) is 0 Å². The molecule has 0 amide bonds. The van der Waals surface area contributed by atoms with Gasteiger partial charge in [-0.2, -0.15) is 0 Å². The molecule has 0 spiro atoms. The number of ether oxygens (including phenoxy) is 2. The fourth-order valence-electron chi connectivity index (χ4n) is 1.25. The number of rotatable bonds is 5. The summed E-state index contributed by atoms with van der Waals surface area (Å²) in [6.45, 7) is 3.29. The molecule has 0 N–H and O–H groups in total. The molecule has 16 heavy (non-hydrogen) atoms. The highest BCUT2D eigenvalue weighted by atomic mass is 16.6. The Labute approximate surface area is 93.3 Å². The van der Waals surface area contributed by atoms with Crippen LogP contribution in [-0.4, -0.2) is 18.5 Å². The predicted molar refractivity (Wildman–Crippen MR) is 54.5 cm³/mol. The molecule has 1 aromatic rings. The van der Waals surface area contributed by atoms with E-state index in [9.17, 15) is 9.59 Å². The van der Waals surface area contributed by atoms with Gasteiger partial charge in [0.1, 0.15) is 5.76 Å². The van der Waals surface area contributed by atoms with Crippen molar-refractivity contribution >= 4 is 11.9 Å². The van der Waals surface area contributed by atoms with Crippen LogP contribution in [0.4, 0.5) is 0 Å². The molecule has 0 fully saturated rings. The van der Waals surface area contributed by atoms with Gasteiger partial charge in [-0.25, -0.2) is 0 Å². The minimum Gasteiger partial charge on any atom is -0.466 e. The van der Waals surface area contributed by atoms with Gasteiger partial charge in [-0.3, -0.25) is 9.59 Å². The molecule has 0 bridgehead atoms. The zero-order chi connectivity index (χ0) is 12.0. The number of carbonyl (C=O) groups excluding carboxylic acids is 2. The van der Waals surface area contributed by atoms with Gasteiger partial charge in [-0.05, 0) is 19.1 Å². The molecular weight excluding hydrogens is 212 g/mol. The molecule has 1 aromatic heterocycles. The van der Waals surface area contributed by atoms with Crippen LogP contribution in [0.5, 0.6) is 0 Å². The van der Waals surface area contributed by atoms with E-state index < -0.39 is 18.0 Å². The Kier molecular flexibility index (Phi) is 4.57. The van der Waals surface area contributed by atoms with Crippen molar-refractivity contribution in [2.24, 2.45) is 0 Å². The van der Waals surface area contributed by atoms with Crippen LogP contribution >= 0.6 is 0 Å². The summed E-state index contributed by atoms with van der Waals surface area (Å²) in [4.78, 5) is 22.1. The van der Waals surface area contributed by atoms with Crippen LogP contribution < -0.4 is 0 Å². The summed E-state index contributed by atoms with van der Waals surface area (Å²) in [6.07, 6.45) is 0.698. The van der Waals surface area contributed by atoms with E-state index in [0.717, 1.165) is 0 Å². The van der Waals surface area contributed by atoms with Gasteiger partial charge in [0.25, 0.3) is 0 Å². The molecule has 0 aliphatic rings. The zero-order valence-electron chi connectivity index (χ0n) is 9.26. The molecule has 1 rings (SSSR count). The second-order valence-corrected chi connectivity index (χ2v) is 3.12. The number of esters is 2. The van der Waals surface area contributed by atoms with Gasteiger partial charge in [0, 0.05) is 6.92 Å². The maximum Gasteiger partial charge on any atom is 0.310 e. The van der Waals surface area contributed by atoms with Crippen molar-refractivity contribution in [1.29, 1.82) is 0 Å². The van der Waals surface area contributed by atoms with E-state index in [2.05, 4.69) is 0 Å². The molecule has 0 aliphatic carbocycles. The predicted octanol–water partition coefficient (Wildman–Crippen LogP) is 1.84. The van der Waals surface area contributed by atoms with Crippen molar-refractivity contribution in [3.63, 3.8) is 0 Å². The monoisotopic (exact) mass is 226 g/mol. The Morgan fingerprint density at radius 3 is 2.75 bits per heavy atom. The van der Waals surface area contributed by atoms with Crippen molar-refractivity contribution in [3.8, 4) is 0 Å². The molecule has 5 nitrogen and oxygen atoms in total. The van der Waals surface area contributed by atoms with Crippen LogP contribution in [0.2, 0.25) is 0 Å². The molecule has 1 atom stereocenters. The minimum absolute atomic E-state index is 0.0407. The molecule has 88 valence electrons. The number of hydrogen-bond donors (Lipinski definition) is 0. The van der Waals surface area contributed by atoms with E-state index in [-0.39, 0.29) is 6.42 Å². The van der Waals surface area contributed by atoms with E-state index in [0.29, 0.717) is 12.4 Å². The van der Waals surface area contributed by atoms with Crippen molar-refractivity contribution < 1.29 is 23.5 Å². The lowest BCUT2D eigenvalue weighted by atomic mass is 10.2. The molecule has 0 aromatic carbocycles. The second kappa shape index (κ2) is 5.95. The smallest absolute Gasteiger partial charge is 0.310 e. The Balaban J connectivity index is 2.65. The summed E-state index contributed by atoms with van der Waals surface area (Å²) in [7, 11) is 0. The first-order valence-corrected chi connectivity index (χ1v) is 4.99. The lowest BCUT2D eigenvalue weighted by Gasteiger charge is -2.13. The zero-order valence-corrected chi connectivity index (χ0v) is 9.26. The molecule has 1 heterocycles. The van der Waals surface area contributed by atoms with Crippen LogP contribution in [0.25, 0.3) is 0 Å². The van der Waals surface area contributed by atoms with E-state index in [1.54, 1.807) is 19.1 Å². The second-order valence-electron chi connectivity index (χ2n) is 3.12. The topological polar surface area (TPSA) is 65.7 Å². The third-order valence-corrected chi connectivity index (χ3v) is 1.83. The van der Waals surface area contributed by atoms with E-state index in [1.165, 1.54) is 13.2 Å². The third kappa shape index (κ3) is 3.76. The summed E-state index contributed by atoms with van der Waals surface area (Å²) in [5.41, 5.74) is 0. The summed E-state index contributed by atoms with van der Waals surface area (Å²) < 4.78 is 14.8. The summed E-state index contributed by atoms with van der Waals surface area (Å²) in [6, 6.07) is 3.31. The van der Waals surface area contributed by atoms with Gasteiger partial charge in [0.2, 0.25) is 0 Å². The van der Waals surface area contributed by atoms with E-state index in [4.69, 9.17) is 13.9 Å². The van der Waals surface area contributed by atoms with Crippen molar-refractivity contribution in [1.82, 2.24) is 0 Å². The van der Waals surface area contributed by atoms with Gasteiger partial charge in [0.15, 0.2) is 6.10 Å². The number of furan rings is 1. The lowest BCUT2D eigenvalue weighted by molar-refractivity contribution is -0.154. The highest BCUT2D eigenvalue weighted by molar-refractivity contribution is 5.71. The van der Waals surface area contributed by atoms with Gasteiger partial charge in [0.05, 0.1) is 19.3 Å². The minimum atomic E-state index is -0.716. The third-order valence-electron chi connectivity index (χ3n) is 1.83. The van der Waals surface area contributed by atoms with Crippen molar-refractivity contribution in [3.05, 3.63) is 24.2 Å². The van der Waals surface area contributed by atoms with Crippen LogP contribution in [0.15, 0.2) is 22.8 Å². The fraction of sp³-hybridized carbons (Fsp3) is 0.455. The van der Waals surface area contributed by atoms with Gasteiger partial charge in [-0.1, -0.05) is 0 Å². The standard InChI is InChI=1S/C11H14O5/c1-3-14-11(13)7-10(16-8(2)12)9-5-4-6-15-9/h4-6,10H,3,7H2,1-2H3/t10-/m1/s1. The molecule has 0 unspecified atom stereocenters. The molecular formula is C11H14O5. The SMILES string of the molecule is CCOC(=O)C[C@@H](OC(C)=O)c1ccco1. The average molecular weight is 226 g/mol. The summed E-state index contributed by atoms with van der Waals surface area (Å²) >= 11 is 0. The Morgan fingerprint density at radius 1 is 1.50 bits per heavy atom. The Morgan fingerprint density at radius 2 is 2.25 bits per heavy atom. The quantitative estimate of drug-likeness (QED) is 0.716. The fourth-order valence-corrected chi connectivity index (χ4v) is 1.25. The number of carbonyl (C=O) groups is 2. The molecule has 0 aliphatic heterocycles. The van der Waals surface area contributed by atoms with E-state index in [1.807, 2.05) is 0 Å². The first-order valence-electron chi connectivity index (χ1n) is 4.99. The van der Waals surface area contributed by atoms with Crippen LogP contribution in [0.1, 0.15) is 32.1 Å². The van der Waals surface area contributed by atoms with Crippen LogP contribution in [-0.2, 0) is 19.1 Å². The van der Waals surface area contributed by atoms with Crippen LogP contribution in [0, 0.1) is 0 Å². The van der Waals surface area contributed by atoms with Crippen molar-refractivity contribution in [2.75, 3.05) is 6.61 Å². The number of hydrogen-bond acceptors (Lipinski definition) is 5. The largest absolute Gasteiger partial charge is 0.466 e. The molecule has 0 saturated heterocycles. The van der Waals surface area contributed by atoms with Crippen molar-refractivity contribution in [2.45, 2.75) is 26.4 Å². The Bertz CT molecular complexity index is 341. The first kappa shape index (κ1) is 12.3. The first-order chi connectivity index (χ1) is 7.63. The average Bonchev–Trinajstić information content (AvgIpc) is 2.68. The summed E-state index contributed by atoms with van der Waals surface area (Å²) in [5.74, 6) is -0.459. The van der Waals surface area contributed by atoms with Gasteiger partial charge >= 0.3 is 11.9 Å². The van der Waals surface area contributed by atoms with Gasteiger partial charge < -0.3 is 13.9 Å². The molecule has 5 heteroatoms.